The summed E-state index contributed by atoms with van der Waals surface area (Å²) in [6.45, 7) is 10.8. The van der Waals surface area contributed by atoms with Gasteiger partial charge >= 0.3 is 0 Å². The van der Waals surface area contributed by atoms with Crippen molar-refractivity contribution in [2.75, 3.05) is 13.2 Å². The van der Waals surface area contributed by atoms with Gasteiger partial charge in [0.05, 0.1) is 6.61 Å². The van der Waals surface area contributed by atoms with Gasteiger partial charge in [0.15, 0.2) is 6.29 Å². The summed E-state index contributed by atoms with van der Waals surface area (Å²) in [4.78, 5) is 0. The summed E-state index contributed by atoms with van der Waals surface area (Å²) >= 11 is 0. The second-order valence-corrected chi connectivity index (χ2v) is 7.58. The quantitative estimate of drug-likeness (QED) is 0.704. The lowest BCUT2D eigenvalue weighted by atomic mass is 9.72. The topological polar surface area (TPSA) is 18.5 Å². The van der Waals surface area contributed by atoms with E-state index >= 15 is 0 Å². The third-order valence-electron chi connectivity index (χ3n) is 4.95. The van der Waals surface area contributed by atoms with Gasteiger partial charge in [0.1, 0.15) is 0 Å². The molecule has 2 unspecified atom stereocenters. The maximum Gasteiger partial charge on any atom is 0.157 e. The van der Waals surface area contributed by atoms with Gasteiger partial charge in [0, 0.05) is 6.61 Å². The van der Waals surface area contributed by atoms with Crippen LogP contribution in [-0.2, 0) is 9.47 Å². The Kier molecular flexibility index (Phi) is 6.07. The highest BCUT2D eigenvalue weighted by molar-refractivity contribution is 5.30. The van der Waals surface area contributed by atoms with Crippen molar-refractivity contribution in [3.05, 3.63) is 23.3 Å². The highest BCUT2D eigenvalue weighted by Crippen LogP contribution is 2.38. The zero-order valence-corrected chi connectivity index (χ0v) is 14.3. The fourth-order valence-electron chi connectivity index (χ4n) is 3.23. The summed E-state index contributed by atoms with van der Waals surface area (Å²) in [5, 5.41) is 0. The van der Waals surface area contributed by atoms with Gasteiger partial charge in [-0.3, -0.25) is 0 Å². The van der Waals surface area contributed by atoms with Crippen molar-refractivity contribution < 1.29 is 9.47 Å². The average Bonchev–Trinajstić information content (AvgIpc) is 2.47. The Bertz CT molecular complexity index is 381. The summed E-state index contributed by atoms with van der Waals surface area (Å²) in [6, 6.07) is 0. The largest absolute Gasteiger partial charge is 0.353 e. The Morgan fingerprint density at radius 1 is 1.33 bits per heavy atom. The lowest BCUT2D eigenvalue weighted by Crippen LogP contribution is -2.23. The first-order valence-corrected chi connectivity index (χ1v) is 8.56. The van der Waals surface area contributed by atoms with E-state index in [1.54, 1.807) is 0 Å². The van der Waals surface area contributed by atoms with E-state index in [0.29, 0.717) is 12.0 Å². The summed E-state index contributed by atoms with van der Waals surface area (Å²) in [6.07, 6.45) is 11.9. The van der Waals surface area contributed by atoms with Crippen molar-refractivity contribution >= 4 is 0 Å². The summed E-state index contributed by atoms with van der Waals surface area (Å²) in [5.41, 5.74) is 3.34. The number of ether oxygens (including phenoxy) is 2. The molecular formula is C19H32O2. The normalized spacial score (nSPS) is 28.4. The molecule has 0 spiro atoms. The van der Waals surface area contributed by atoms with Crippen molar-refractivity contribution in [1.82, 2.24) is 0 Å². The zero-order chi connectivity index (χ0) is 15.3. The van der Waals surface area contributed by atoms with Crippen molar-refractivity contribution in [3.8, 4) is 0 Å². The molecule has 0 aromatic heterocycles. The summed E-state index contributed by atoms with van der Waals surface area (Å²) in [7, 11) is 0. The molecule has 1 fully saturated rings. The van der Waals surface area contributed by atoms with Gasteiger partial charge in [-0.15, -0.1) is 0 Å². The molecule has 0 aromatic rings. The molecule has 0 bridgehead atoms. The van der Waals surface area contributed by atoms with Gasteiger partial charge < -0.3 is 9.47 Å². The predicted molar refractivity (Wildman–Crippen MR) is 88.2 cm³/mol. The fourth-order valence-corrected chi connectivity index (χ4v) is 3.23. The van der Waals surface area contributed by atoms with Gasteiger partial charge in [-0.05, 0) is 67.9 Å². The minimum atomic E-state index is 0.0217. The molecule has 1 heterocycles. The molecule has 2 heteroatoms. The number of hydrogen-bond donors (Lipinski definition) is 0. The number of allylic oxidation sites excluding steroid dienone is 3. The van der Waals surface area contributed by atoms with Crippen molar-refractivity contribution in [2.24, 2.45) is 11.3 Å². The van der Waals surface area contributed by atoms with Crippen LogP contribution in [0.4, 0.5) is 0 Å². The van der Waals surface area contributed by atoms with Crippen molar-refractivity contribution in [1.29, 1.82) is 0 Å². The molecule has 2 aliphatic rings. The zero-order valence-electron chi connectivity index (χ0n) is 14.3. The average molecular weight is 292 g/mol. The van der Waals surface area contributed by atoms with Crippen LogP contribution in [-0.4, -0.2) is 19.5 Å². The first-order valence-electron chi connectivity index (χ1n) is 8.56. The molecular weight excluding hydrogens is 260 g/mol. The molecule has 1 saturated heterocycles. The van der Waals surface area contributed by atoms with E-state index in [1.807, 2.05) is 0 Å². The molecule has 120 valence electrons. The van der Waals surface area contributed by atoms with E-state index < -0.39 is 0 Å². The van der Waals surface area contributed by atoms with Gasteiger partial charge in [0.25, 0.3) is 0 Å². The van der Waals surface area contributed by atoms with Gasteiger partial charge in [0.2, 0.25) is 0 Å². The predicted octanol–water partition coefficient (Wildman–Crippen LogP) is 5.25. The van der Waals surface area contributed by atoms with Crippen LogP contribution in [0.1, 0.15) is 66.2 Å². The Morgan fingerprint density at radius 3 is 2.71 bits per heavy atom. The highest BCUT2D eigenvalue weighted by atomic mass is 16.7. The van der Waals surface area contributed by atoms with E-state index in [1.165, 1.54) is 43.3 Å². The van der Waals surface area contributed by atoms with Gasteiger partial charge in [-0.2, -0.15) is 0 Å². The van der Waals surface area contributed by atoms with E-state index in [0.717, 1.165) is 18.9 Å². The van der Waals surface area contributed by atoms with Crippen LogP contribution in [0.5, 0.6) is 0 Å². The number of rotatable bonds is 4. The van der Waals surface area contributed by atoms with E-state index in [4.69, 9.17) is 9.47 Å². The van der Waals surface area contributed by atoms with Crippen LogP contribution < -0.4 is 0 Å². The molecule has 1 aliphatic carbocycles. The van der Waals surface area contributed by atoms with Crippen LogP contribution >= 0.6 is 0 Å². The Morgan fingerprint density at radius 2 is 2.14 bits per heavy atom. The van der Waals surface area contributed by atoms with Crippen LogP contribution in [0.3, 0.4) is 0 Å². The fraction of sp³-hybridized carbons (Fsp3) is 0.789. The molecule has 2 nitrogen and oxygen atoms in total. The van der Waals surface area contributed by atoms with Crippen LogP contribution in [0.2, 0.25) is 0 Å². The molecule has 0 aromatic carbocycles. The molecule has 2 atom stereocenters. The second-order valence-electron chi connectivity index (χ2n) is 7.58. The molecule has 1 aliphatic heterocycles. The maximum absolute atomic E-state index is 5.79. The van der Waals surface area contributed by atoms with E-state index in [2.05, 4.69) is 39.8 Å². The Balaban J connectivity index is 1.78. The molecule has 0 amide bonds. The molecule has 0 saturated carbocycles. The Hall–Kier alpha value is -0.600. The molecule has 0 radical (unpaired) electrons. The van der Waals surface area contributed by atoms with Gasteiger partial charge in [-0.25, -0.2) is 0 Å². The SMILES string of the molecule is C/C(=C\COC1CCCCO1)C1=CCC(C(C)(C)C)CC1. The highest BCUT2D eigenvalue weighted by Gasteiger charge is 2.26. The van der Waals surface area contributed by atoms with Crippen molar-refractivity contribution in [2.45, 2.75) is 72.5 Å². The summed E-state index contributed by atoms with van der Waals surface area (Å²) < 4.78 is 11.4. The Labute approximate surface area is 130 Å². The molecule has 2 rings (SSSR count). The third-order valence-corrected chi connectivity index (χ3v) is 4.95. The second kappa shape index (κ2) is 7.60. The molecule has 21 heavy (non-hydrogen) atoms. The first kappa shape index (κ1) is 16.8. The standard InChI is InChI=1S/C19H32O2/c1-15(12-14-21-18-7-5-6-13-20-18)16-8-10-17(11-9-16)19(2,3)4/h8,12,17-18H,5-7,9-11,13-14H2,1-4H3/b15-12+. The third kappa shape index (κ3) is 5.27. The molecule has 0 N–H and O–H groups in total. The van der Waals surface area contributed by atoms with Crippen LogP contribution in [0.15, 0.2) is 23.3 Å². The number of hydrogen-bond acceptors (Lipinski definition) is 2. The smallest absolute Gasteiger partial charge is 0.157 e. The monoisotopic (exact) mass is 292 g/mol. The van der Waals surface area contributed by atoms with Crippen molar-refractivity contribution in [3.63, 3.8) is 0 Å². The maximum atomic E-state index is 5.79. The van der Waals surface area contributed by atoms with E-state index in [9.17, 15) is 0 Å². The minimum absolute atomic E-state index is 0.0217. The first-order chi connectivity index (χ1) is 9.97. The summed E-state index contributed by atoms with van der Waals surface area (Å²) in [5.74, 6) is 0.820. The lowest BCUT2D eigenvalue weighted by Gasteiger charge is -2.33. The lowest BCUT2D eigenvalue weighted by molar-refractivity contribution is -0.155. The minimum Gasteiger partial charge on any atom is -0.353 e. The van der Waals surface area contributed by atoms with Crippen LogP contribution in [0, 0.1) is 11.3 Å². The van der Waals surface area contributed by atoms with Gasteiger partial charge in [-0.1, -0.05) is 32.9 Å². The van der Waals surface area contributed by atoms with E-state index in [-0.39, 0.29) is 6.29 Å². The van der Waals surface area contributed by atoms with Crippen LogP contribution in [0.25, 0.3) is 0 Å².